The minimum atomic E-state index is 0.232. The summed E-state index contributed by atoms with van der Waals surface area (Å²) in [5.74, 6) is 2.09. The molecule has 2 atom stereocenters. The summed E-state index contributed by atoms with van der Waals surface area (Å²) in [4.78, 5) is 14.4. The van der Waals surface area contributed by atoms with Crippen molar-refractivity contribution < 1.29 is 4.79 Å². The predicted molar refractivity (Wildman–Crippen MR) is 89.2 cm³/mol. The van der Waals surface area contributed by atoms with Crippen molar-refractivity contribution in [1.29, 1.82) is 0 Å². The largest absolute Gasteiger partial charge is 0.352 e. The van der Waals surface area contributed by atoms with Crippen LogP contribution < -0.4 is 5.32 Å². The summed E-state index contributed by atoms with van der Waals surface area (Å²) in [5.41, 5.74) is 2.63. The number of nitrogens with one attached hydrogen (secondary N) is 1. The molecule has 1 saturated carbocycles. The van der Waals surface area contributed by atoms with Crippen LogP contribution >= 0.6 is 0 Å². The molecule has 2 aliphatic rings. The van der Waals surface area contributed by atoms with Crippen molar-refractivity contribution in [2.24, 2.45) is 17.8 Å². The molecule has 1 aliphatic heterocycles. The van der Waals surface area contributed by atoms with E-state index in [-0.39, 0.29) is 11.8 Å². The van der Waals surface area contributed by atoms with Crippen molar-refractivity contribution in [1.82, 2.24) is 10.2 Å². The van der Waals surface area contributed by atoms with Gasteiger partial charge in [-0.1, -0.05) is 38.1 Å². The van der Waals surface area contributed by atoms with Gasteiger partial charge in [-0.25, -0.2) is 0 Å². The van der Waals surface area contributed by atoms with E-state index in [9.17, 15) is 4.79 Å². The van der Waals surface area contributed by atoms with E-state index in [4.69, 9.17) is 0 Å². The summed E-state index contributed by atoms with van der Waals surface area (Å²) in [5, 5.41) is 3.10. The predicted octanol–water partition coefficient (Wildman–Crippen LogP) is 3.19. The molecule has 1 aromatic carbocycles. The van der Waals surface area contributed by atoms with Crippen LogP contribution in [-0.2, 0) is 17.9 Å². The third-order valence-electron chi connectivity index (χ3n) is 4.86. The highest BCUT2D eigenvalue weighted by Crippen LogP contribution is 2.29. The van der Waals surface area contributed by atoms with Gasteiger partial charge in [-0.15, -0.1) is 0 Å². The Labute approximate surface area is 134 Å². The van der Waals surface area contributed by atoms with Crippen LogP contribution in [0.3, 0.4) is 0 Å². The number of rotatable bonds is 5. The minimum absolute atomic E-state index is 0.232. The number of hydrogen-bond donors (Lipinski definition) is 1. The van der Waals surface area contributed by atoms with Crippen LogP contribution in [0.25, 0.3) is 0 Å². The van der Waals surface area contributed by atoms with Gasteiger partial charge in [-0.2, -0.15) is 0 Å². The second-order valence-electron chi connectivity index (χ2n) is 7.40. The number of piperidine rings is 1. The maximum absolute atomic E-state index is 11.8. The highest BCUT2D eigenvalue weighted by Gasteiger charge is 2.29. The lowest BCUT2D eigenvalue weighted by atomic mass is 9.91. The molecule has 0 aromatic heterocycles. The highest BCUT2D eigenvalue weighted by atomic mass is 16.2. The molecule has 1 aliphatic carbocycles. The second-order valence-corrected chi connectivity index (χ2v) is 7.40. The Morgan fingerprint density at radius 3 is 2.41 bits per heavy atom. The number of likely N-dealkylation sites (tertiary alicyclic amines) is 1. The Kier molecular flexibility index (Phi) is 4.82. The number of benzene rings is 1. The van der Waals surface area contributed by atoms with Gasteiger partial charge in [-0.3, -0.25) is 9.69 Å². The number of carbonyl (C=O) groups is 1. The zero-order valence-corrected chi connectivity index (χ0v) is 13.8. The van der Waals surface area contributed by atoms with Crippen LogP contribution in [0.5, 0.6) is 0 Å². The van der Waals surface area contributed by atoms with Crippen molar-refractivity contribution in [3.05, 3.63) is 35.4 Å². The summed E-state index contributed by atoms with van der Waals surface area (Å²) < 4.78 is 0. The first-order valence-corrected chi connectivity index (χ1v) is 8.68. The summed E-state index contributed by atoms with van der Waals surface area (Å²) in [6.07, 6.45) is 3.48. The van der Waals surface area contributed by atoms with Crippen LogP contribution in [0.2, 0.25) is 0 Å². The van der Waals surface area contributed by atoms with Crippen LogP contribution in [0.4, 0.5) is 0 Å². The molecule has 3 heteroatoms. The molecule has 1 N–H and O–H groups in total. The van der Waals surface area contributed by atoms with Gasteiger partial charge in [0.1, 0.15) is 0 Å². The summed E-state index contributed by atoms with van der Waals surface area (Å²) in [7, 11) is 0. The quantitative estimate of drug-likeness (QED) is 0.906. The van der Waals surface area contributed by atoms with Gasteiger partial charge in [0.2, 0.25) is 5.91 Å². The summed E-state index contributed by atoms with van der Waals surface area (Å²) in [6, 6.07) is 8.55. The Morgan fingerprint density at radius 2 is 1.77 bits per heavy atom. The fraction of sp³-hybridized carbons (Fsp3) is 0.632. The molecule has 3 rings (SSSR count). The van der Waals surface area contributed by atoms with E-state index in [0.29, 0.717) is 6.54 Å². The van der Waals surface area contributed by atoms with Gasteiger partial charge in [0.15, 0.2) is 0 Å². The first-order chi connectivity index (χ1) is 10.6. The van der Waals surface area contributed by atoms with Crippen LogP contribution in [0.1, 0.15) is 44.2 Å². The molecule has 1 heterocycles. The lowest BCUT2D eigenvalue weighted by molar-refractivity contribution is -0.122. The Balaban J connectivity index is 1.61. The van der Waals surface area contributed by atoms with E-state index in [1.165, 1.54) is 30.6 Å². The van der Waals surface area contributed by atoms with Crippen molar-refractivity contribution >= 4 is 5.91 Å². The lowest BCUT2D eigenvalue weighted by Gasteiger charge is -2.35. The van der Waals surface area contributed by atoms with E-state index >= 15 is 0 Å². The van der Waals surface area contributed by atoms with Crippen LogP contribution in [-0.4, -0.2) is 23.9 Å². The lowest BCUT2D eigenvalue weighted by Crippen LogP contribution is -2.38. The normalized spacial score (nSPS) is 25.9. The molecule has 1 amide bonds. The van der Waals surface area contributed by atoms with Gasteiger partial charge in [0.05, 0.1) is 0 Å². The van der Waals surface area contributed by atoms with E-state index in [2.05, 4.69) is 48.3 Å². The molecule has 0 bridgehead atoms. The molecule has 3 nitrogen and oxygen atoms in total. The molecule has 1 saturated heterocycles. The molecule has 0 radical (unpaired) electrons. The number of hydrogen-bond acceptors (Lipinski definition) is 2. The molecular weight excluding hydrogens is 272 g/mol. The van der Waals surface area contributed by atoms with Gasteiger partial charge in [0, 0.05) is 32.1 Å². The van der Waals surface area contributed by atoms with E-state index < -0.39 is 0 Å². The maximum atomic E-state index is 11.8. The Hall–Kier alpha value is -1.35. The standard InChI is InChI=1S/C19H28N2O/c1-14-9-15(2)12-21(11-14)13-18-6-4-3-5-17(18)10-20-19(22)16-7-8-16/h3-6,14-16H,7-13H2,1-2H3,(H,20,22)/t14-,15-/m1/s1. The third-order valence-corrected chi connectivity index (χ3v) is 4.86. The van der Waals surface area contributed by atoms with Crippen molar-refractivity contribution in [3.63, 3.8) is 0 Å². The monoisotopic (exact) mass is 300 g/mol. The molecular formula is C19H28N2O. The van der Waals surface area contributed by atoms with Crippen molar-refractivity contribution in [3.8, 4) is 0 Å². The fourth-order valence-corrected chi connectivity index (χ4v) is 3.72. The highest BCUT2D eigenvalue weighted by molar-refractivity contribution is 5.80. The first-order valence-electron chi connectivity index (χ1n) is 8.68. The molecule has 1 aromatic rings. The molecule has 2 fully saturated rings. The SMILES string of the molecule is C[C@@H]1C[C@@H](C)CN(Cc2ccccc2CNC(=O)C2CC2)C1. The maximum Gasteiger partial charge on any atom is 0.223 e. The van der Waals surface area contributed by atoms with Gasteiger partial charge in [-0.05, 0) is 42.2 Å². The average molecular weight is 300 g/mol. The Morgan fingerprint density at radius 1 is 1.14 bits per heavy atom. The average Bonchev–Trinajstić information content (AvgIpc) is 3.29. The summed E-state index contributed by atoms with van der Waals surface area (Å²) in [6.45, 7) is 8.75. The zero-order valence-electron chi connectivity index (χ0n) is 13.8. The topological polar surface area (TPSA) is 32.3 Å². The Bertz CT molecular complexity index is 514. The van der Waals surface area contributed by atoms with E-state index in [1.54, 1.807) is 0 Å². The van der Waals surface area contributed by atoms with E-state index in [0.717, 1.165) is 31.2 Å². The van der Waals surface area contributed by atoms with Crippen LogP contribution in [0, 0.1) is 17.8 Å². The first kappa shape index (κ1) is 15.5. The summed E-state index contributed by atoms with van der Waals surface area (Å²) >= 11 is 0. The van der Waals surface area contributed by atoms with Crippen molar-refractivity contribution in [2.75, 3.05) is 13.1 Å². The van der Waals surface area contributed by atoms with Gasteiger partial charge < -0.3 is 5.32 Å². The molecule has 0 unspecified atom stereocenters. The fourth-order valence-electron chi connectivity index (χ4n) is 3.72. The number of carbonyl (C=O) groups excluding carboxylic acids is 1. The van der Waals surface area contributed by atoms with Gasteiger partial charge >= 0.3 is 0 Å². The smallest absolute Gasteiger partial charge is 0.223 e. The minimum Gasteiger partial charge on any atom is -0.352 e. The van der Waals surface area contributed by atoms with Crippen molar-refractivity contribution in [2.45, 2.75) is 46.2 Å². The third kappa shape index (κ3) is 4.10. The molecule has 120 valence electrons. The number of amides is 1. The van der Waals surface area contributed by atoms with Crippen LogP contribution in [0.15, 0.2) is 24.3 Å². The second kappa shape index (κ2) is 6.82. The van der Waals surface area contributed by atoms with E-state index in [1.807, 2.05) is 0 Å². The number of nitrogens with zero attached hydrogens (tertiary/aromatic N) is 1. The van der Waals surface area contributed by atoms with Gasteiger partial charge in [0.25, 0.3) is 0 Å². The zero-order chi connectivity index (χ0) is 15.5. The molecule has 0 spiro atoms. The molecule has 22 heavy (non-hydrogen) atoms.